The third-order valence-electron chi connectivity index (χ3n) is 22.5. The Morgan fingerprint density at radius 1 is 0.167 bits per heavy atom. The lowest BCUT2D eigenvalue weighted by Gasteiger charge is -2.13. The molecule has 6 heterocycles. The van der Waals surface area contributed by atoms with Gasteiger partial charge in [-0.25, -0.2) is 15.0 Å². The fourth-order valence-corrected chi connectivity index (χ4v) is 17.0. The second kappa shape index (κ2) is 28.6. The molecule has 23 aromatic rings. The summed E-state index contributed by atoms with van der Waals surface area (Å²) in [5.41, 5.74) is 20.5. The van der Waals surface area contributed by atoms with Gasteiger partial charge in [-0.15, -0.1) is 0 Å². The highest BCUT2D eigenvalue weighted by atomic mass is 14.7. The molecule has 0 aliphatic rings. The molecule has 0 unspecified atom stereocenters. The van der Waals surface area contributed by atoms with Crippen LogP contribution in [0.25, 0.3) is 219 Å². The Labute approximate surface area is 658 Å². The summed E-state index contributed by atoms with van der Waals surface area (Å²) < 4.78 is 0. The topological polar surface area (TPSA) is 77.3 Å². The van der Waals surface area contributed by atoms with E-state index in [0.29, 0.717) is 0 Å². The molecular weight excluding hydrogens is 1380 g/mol. The fraction of sp³-hybridized carbons (Fsp3) is 0. The van der Waals surface area contributed by atoms with E-state index in [2.05, 4.69) is 393 Å². The van der Waals surface area contributed by atoms with Crippen molar-refractivity contribution in [1.82, 2.24) is 29.9 Å². The van der Waals surface area contributed by atoms with Crippen LogP contribution in [0.5, 0.6) is 0 Å². The lowest BCUT2D eigenvalue weighted by Crippen LogP contribution is -1.91. The summed E-state index contributed by atoms with van der Waals surface area (Å²) in [5.74, 6) is 0. The van der Waals surface area contributed by atoms with E-state index in [1.807, 2.05) is 24.8 Å². The van der Waals surface area contributed by atoms with Crippen LogP contribution in [0.3, 0.4) is 0 Å². The van der Waals surface area contributed by atoms with E-state index in [9.17, 15) is 0 Å². The molecule has 0 spiro atoms. The Kier molecular flexibility index (Phi) is 16.8. The molecule has 0 aliphatic carbocycles. The van der Waals surface area contributed by atoms with Crippen LogP contribution < -0.4 is 0 Å². The zero-order valence-corrected chi connectivity index (χ0v) is 61.9. The summed E-state index contributed by atoms with van der Waals surface area (Å²) in [6.45, 7) is 0. The molecular formula is C108H68N6. The Morgan fingerprint density at radius 3 is 0.930 bits per heavy atom. The predicted molar refractivity (Wildman–Crippen MR) is 480 cm³/mol. The van der Waals surface area contributed by atoms with Gasteiger partial charge in [0.25, 0.3) is 0 Å². The Balaban J connectivity index is 0.000000108. The van der Waals surface area contributed by atoms with Crippen LogP contribution in [0.2, 0.25) is 0 Å². The smallest absolute Gasteiger partial charge is 0.0788 e. The van der Waals surface area contributed by atoms with Gasteiger partial charge in [0, 0.05) is 118 Å². The molecule has 0 bridgehead atoms. The van der Waals surface area contributed by atoms with Gasteiger partial charge in [0.1, 0.15) is 0 Å². The van der Waals surface area contributed by atoms with Crippen molar-refractivity contribution in [3.8, 4) is 89.7 Å². The number of hydrogen-bond donors (Lipinski definition) is 0. The second-order valence-corrected chi connectivity index (χ2v) is 29.1. The maximum Gasteiger partial charge on any atom is 0.0788 e. The number of benzene rings is 17. The van der Waals surface area contributed by atoms with E-state index in [0.717, 1.165) is 112 Å². The van der Waals surface area contributed by atoms with E-state index in [1.165, 1.54) is 108 Å². The van der Waals surface area contributed by atoms with Gasteiger partial charge in [0.05, 0.1) is 45.0 Å². The summed E-state index contributed by atoms with van der Waals surface area (Å²) in [5, 5.41) is 25.6. The zero-order chi connectivity index (χ0) is 75.4. The lowest BCUT2D eigenvalue weighted by molar-refractivity contribution is 1.33. The maximum atomic E-state index is 5.16. The molecule has 6 heteroatoms. The first-order valence-corrected chi connectivity index (χ1v) is 38.7. The van der Waals surface area contributed by atoms with Crippen LogP contribution in [-0.2, 0) is 0 Å². The molecule has 0 radical (unpaired) electrons. The minimum Gasteiger partial charge on any atom is -0.263 e. The maximum absolute atomic E-state index is 5.16. The van der Waals surface area contributed by atoms with Gasteiger partial charge in [-0.3, -0.25) is 15.0 Å². The van der Waals surface area contributed by atoms with Gasteiger partial charge in [-0.05, 0) is 118 Å². The number of fused-ring (bicyclic) bond motifs is 18. The van der Waals surface area contributed by atoms with Crippen LogP contribution in [0.15, 0.2) is 413 Å². The molecule has 0 amide bonds. The third kappa shape index (κ3) is 12.1. The molecule has 6 nitrogen and oxygen atoms in total. The molecule has 23 rings (SSSR count). The monoisotopic (exact) mass is 1450 g/mol. The minimum absolute atomic E-state index is 0.979. The van der Waals surface area contributed by atoms with Gasteiger partial charge in [0.2, 0.25) is 0 Å². The van der Waals surface area contributed by atoms with Gasteiger partial charge in [-0.1, -0.05) is 352 Å². The molecule has 0 saturated heterocycles. The van der Waals surface area contributed by atoms with Gasteiger partial charge >= 0.3 is 0 Å². The number of para-hydroxylation sites is 3. The number of rotatable bonds is 8. The van der Waals surface area contributed by atoms with Crippen molar-refractivity contribution in [2.24, 2.45) is 0 Å². The molecule has 0 N–H and O–H groups in total. The van der Waals surface area contributed by atoms with E-state index >= 15 is 0 Å². The quantitative estimate of drug-likeness (QED) is 0.141. The standard InChI is InChI=1S/2C38H24N2.C32H20N2/c1-3-11-30-26(8-1)10-7-14-32(30)35-23-21-29(24-39-35)25-16-18-28(19-17-25)38-34-22-20-27-9-2-4-12-31(27)37(34)33-13-5-6-15-36(33)40-38;1-3-11-30-26(8-1)10-7-14-32(30)36-24-29(22-23-39-36)25-16-18-28(19-17-25)38-34-21-20-27-9-2-4-12-31(27)37(34)33-13-5-6-15-35(33)40-38;1-4-10-26-21(7-1)17-18-28-31(26)27-11-5-6-12-30(27)34-32(28)23-15-13-22(14-16-23)29-20-33-19-24-8-2-3-9-25(24)29/h2*1-24H;1-20H. The van der Waals surface area contributed by atoms with Crippen molar-refractivity contribution in [3.63, 3.8) is 0 Å². The number of nitrogens with zero attached hydrogens (tertiary/aromatic N) is 6. The average Bonchev–Trinajstić information content (AvgIpc) is 0.748. The molecule has 6 aromatic heterocycles. The third-order valence-corrected chi connectivity index (χ3v) is 22.5. The van der Waals surface area contributed by atoms with E-state index in [4.69, 9.17) is 24.9 Å². The normalized spacial score (nSPS) is 11.5. The van der Waals surface area contributed by atoms with Crippen LogP contribution >= 0.6 is 0 Å². The average molecular weight is 1450 g/mol. The minimum atomic E-state index is 0.979. The first-order chi connectivity index (χ1) is 56.5. The number of pyridine rings is 6. The Bertz CT molecular complexity index is 7650. The predicted octanol–water partition coefficient (Wildman–Crippen LogP) is 28.6. The zero-order valence-electron chi connectivity index (χ0n) is 61.9. The molecule has 0 atom stereocenters. The Morgan fingerprint density at radius 2 is 0.500 bits per heavy atom. The van der Waals surface area contributed by atoms with Crippen molar-refractivity contribution in [3.05, 3.63) is 413 Å². The summed E-state index contributed by atoms with van der Waals surface area (Å²) in [6, 6.07) is 137. The fourth-order valence-electron chi connectivity index (χ4n) is 17.0. The summed E-state index contributed by atoms with van der Waals surface area (Å²) in [7, 11) is 0. The molecule has 114 heavy (non-hydrogen) atoms. The summed E-state index contributed by atoms with van der Waals surface area (Å²) in [4.78, 5) is 29.5. The highest BCUT2D eigenvalue weighted by molar-refractivity contribution is 6.25. The van der Waals surface area contributed by atoms with Crippen molar-refractivity contribution >= 4 is 130 Å². The largest absolute Gasteiger partial charge is 0.263 e. The molecule has 0 saturated carbocycles. The lowest BCUT2D eigenvalue weighted by atomic mass is 9.94. The molecule has 0 aliphatic heterocycles. The van der Waals surface area contributed by atoms with Gasteiger partial charge < -0.3 is 0 Å². The molecule has 17 aromatic carbocycles. The van der Waals surface area contributed by atoms with Crippen molar-refractivity contribution < 1.29 is 0 Å². The highest BCUT2D eigenvalue weighted by Gasteiger charge is 2.19. The first kappa shape index (κ1) is 66.9. The van der Waals surface area contributed by atoms with Crippen LogP contribution in [0.4, 0.5) is 0 Å². The summed E-state index contributed by atoms with van der Waals surface area (Å²) >= 11 is 0. The van der Waals surface area contributed by atoms with Gasteiger partial charge in [-0.2, -0.15) is 0 Å². The highest BCUT2D eigenvalue weighted by Crippen LogP contribution is 2.43. The number of aromatic nitrogens is 6. The summed E-state index contributed by atoms with van der Waals surface area (Å²) in [6.07, 6.45) is 7.75. The molecule has 0 fully saturated rings. The number of hydrogen-bond acceptors (Lipinski definition) is 6. The second-order valence-electron chi connectivity index (χ2n) is 29.1. The van der Waals surface area contributed by atoms with Crippen molar-refractivity contribution in [2.75, 3.05) is 0 Å². The van der Waals surface area contributed by atoms with E-state index in [1.54, 1.807) is 0 Å². The van der Waals surface area contributed by atoms with E-state index < -0.39 is 0 Å². The van der Waals surface area contributed by atoms with Crippen LogP contribution in [-0.4, -0.2) is 29.9 Å². The van der Waals surface area contributed by atoms with Crippen LogP contribution in [0.1, 0.15) is 0 Å². The SMILES string of the molecule is c1ccc2c(-c3cc(-c4ccc(-c5nc6ccccc6c6c5ccc5ccccc56)cc4)ccn3)cccc2c1.c1ccc2c(-c3ccc(-c4ccc(-c5nc6ccccc6c6c5ccc5ccccc56)cc4)cn3)cccc2c1.c1ccc2c(-c3ccc(-c4nc5ccccc5c5c4ccc4ccccc45)cc3)cncc2c1. The first-order valence-electron chi connectivity index (χ1n) is 38.7. The molecule has 530 valence electrons. The van der Waals surface area contributed by atoms with Gasteiger partial charge in [0.15, 0.2) is 0 Å². The Hall–Kier alpha value is -15.2. The van der Waals surface area contributed by atoms with E-state index in [-0.39, 0.29) is 0 Å². The van der Waals surface area contributed by atoms with Crippen LogP contribution in [0, 0.1) is 0 Å². The van der Waals surface area contributed by atoms with Crippen molar-refractivity contribution in [2.45, 2.75) is 0 Å². The van der Waals surface area contributed by atoms with Crippen molar-refractivity contribution in [1.29, 1.82) is 0 Å².